The Hall–Kier alpha value is 0.730. The van der Waals surface area contributed by atoms with Crippen molar-refractivity contribution in [2.24, 2.45) is 0 Å². The Morgan fingerprint density at radius 2 is 1.16 bits per heavy atom. The van der Waals surface area contributed by atoms with E-state index in [0.29, 0.717) is 52.5 Å². The van der Waals surface area contributed by atoms with Crippen LogP contribution >= 0.6 is 152 Å². The number of hydrogen-bond acceptors (Lipinski definition) is 22. The summed E-state index contributed by atoms with van der Waals surface area (Å²) < 4.78 is 41.2. The Labute approximate surface area is 493 Å². The normalized spacial score (nSPS) is 11.7. The summed E-state index contributed by atoms with van der Waals surface area (Å²) in [5.74, 6) is 1.75. The van der Waals surface area contributed by atoms with Crippen molar-refractivity contribution in [3.8, 4) is 0 Å². The summed E-state index contributed by atoms with van der Waals surface area (Å²) >= 11 is 20.7. The molecular formula is C43H92IN3O10S13. The first kappa shape index (κ1) is 103. The number of thiol groups is 4. The Balaban J connectivity index is -0.0000000473. The molecule has 70 heavy (non-hydrogen) atoms. The van der Waals surface area contributed by atoms with Gasteiger partial charge in [-0.05, 0) is 85.5 Å². The van der Waals surface area contributed by atoms with Crippen LogP contribution in [0.1, 0.15) is 62.8 Å². The maximum Gasteiger partial charge on any atom is 0.253 e. The van der Waals surface area contributed by atoms with E-state index in [1.54, 1.807) is 97.9 Å². The lowest BCUT2D eigenvalue weighted by atomic mass is 10.4. The Kier molecular flexibility index (Phi) is 116. The zero-order valence-electron chi connectivity index (χ0n) is 41.0. The SMILES string of the molecule is C.C.C.C.C=CS(C)(=O)=O.CCC(=O)CI.CCC(=O)CSC.CN1C(=O)C=CC1=O.CS.CS.CS.CS.CSC1CC(=O)N(C)C1=O.CSCCS(C)(=O)=O.CSSC.CSSc1ccccn1. The number of aromatic nitrogens is 1. The third-order valence-corrected chi connectivity index (χ3v) is 13.6. The van der Waals surface area contributed by atoms with Gasteiger partial charge in [0.2, 0.25) is 11.8 Å². The van der Waals surface area contributed by atoms with E-state index in [4.69, 9.17) is 0 Å². The van der Waals surface area contributed by atoms with Crippen LogP contribution in [-0.4, -0.2) is 183 Å². The van der Waals surface area contributed by atoms with Gasteiger partial charge in [-0.1, -0.05) is 111 Å². The van der Waals surface area contributed by atoms with Crippen LogP contribution in [0.4, 0.5) is 0 Å². The molecule has 0 spiro atoms. The molecule has 0 saturated carbocycles. The third kappa shape index (κ3) is 85.5. The van der Waals surface area contributed by atoms with Gasteiger partial charge >= 0.3 is 0 Å². The molecule has 0 radical (unpaired) electrons. The molecule has 3 heterocycles. The minimum atomic E-state index is -2.90. The van der Waals surface area contributed by atoms with Crippen LogP contribution in [0.25, 0.3) is 0 Å². The van der Waals surface area contributed by atoms with Crippen molar-refractivity contribution < 1.29 is 45.6 Å². The maximum absolute atomic E-state index is 11.0. The molecule has 2 aliphatic rings. The number of sulfone groups is 2. The van der Waals surface area contributed by atoms with Crippen LogP contribution in [-0.2, 0) is 48.4 Å². The predicted octanol–water partition coefficient (Wildman–Crippen LogP) is 11.8. The lowest BCUT2D eigenvalue weighted by Gasteiger charge is -2.04. The quantitative estimate of drug-likeness (QED) is 0.0479. The van der Waals surface area contributed by atoms with Crippen molar-refractivity contribution in [3.63, 3.8) is 0 Å². The number of amides is 4. The molecule has 424 valence electrons. The average molecular weight is 1350 g/mol. The molecule has 0 aliphatic carbocycles. The summed E-state index contributed by atoms with van der Waals surface area (Å²) in [5, 5.41) is 1.86. The fourth-order valence-electron chi connectivity index (χ4n) is 2.45. The first-order chi connectivity index (χ1) is 31.0. The molecule has 1 fully saturated rings. The molecule has 13 nitrogen and oxygen atoms in total. The molecule has 4 amide bonds. The zero-order valence-corrected chi connectivity index (χ0v) is 54.1. The largest absolute Gasteiger partial charge is 0.299 e. The molecule has 0 aromatic carbocycles. The van der Waals surface area contributed by atoms with Crippen LogP contribution in [0.5, 0.6) is 0 Å². The molecule has 0 N–H and O–H groups in total. The number of halogens is 1. The second-order valence-electron chi connectivity index (χ2n) is 10.5. The maximum atomic E-state index is 11.0. The molecule has 27 heteroatoms. The second kappa shape index (κ2) is 78.6. The monoisotopic (exact) mass is 1350 g/mol. The molecular weight excluding hydrogens is 1260 g/mol. The van der Waals surface area contributed by atoms with Gasteiger partial charge < -0.3 is 0 Å². The molecule has 0 bridgehead atoms. The summed E-state index contributed by atoms with van der Waals surface area (Å²) in [5.41, 5.74) is 0. The van der Waals surface area contributed by atoms with Gasteiger partial charge in [-0.15, -0.1) is 0 Å². The van der Waals surface area contributed by atoms with Gasteiger partial charge in [0, 0.05) is 75.4 Å². The highest BCUT2D eigenvalue weighted by atomic mass is 127. The summed E-state index contributed by atoms with van der Waals surface area (Å²) in [6, 6.07) is 5.91. The fourth-order valence-corrected chi connectivity index (χ4v) is 7.28. The summed E-state index contributed by atoms with van der Waals surface area (Å²) in [6.45, 7) is 6.81. The third-order valence-electron chi connectivity index (χ3n) is 5.83. The minimum absolute atomic E-state index is 0. The van der Waals surface area contributed by atoms with Crippen molar-refractivity contribution in [2.75, 3.05) is 111 Å². The summed E-state index contributed by atoms with van der Waals surface area (Å²) in [6.07, 6.45) is 27.0. The van der Waals surface area contributed by atoms with E-state index < -0.39 is 19.7 Å². The van der Waals surface area contributed by atoms with Crippen molar-refractivity contribution in [3.05, 3.63) is 48.5 Å². The van der Waals surface area contributed by atoms with E-state index in [-0.39, 0.29) is 58.6 Å². The molecule has 2 aliphatic heterocycles. The molecule has 1 aromatic heterocycles. The number of thioether (sulfide) groups is 3. The number of carbonyl (C=O) groups is 6. The van der Waals surface area contributed by atoms with Crippen LogP contribution in [0, 0.1) is 0 Å². The predicted molar refractivity (Wildman–Crippen MR) is 355 cm³/mol. The number of rotatable bonds is 13. The Morgan fingerprint density at radius 1 is 0.743 bits per heavy atom. The lowest BCUT2D eigenvalue weighted by molar-refractivity contribution is -0.137. The molecule has 1 aromatic rings. The topological polar surface area (TPSA) is 190 Å². The Bertz CT molecular complexity index is 1550. The number of carbonyl (C=O) groups excluding carboxylic acids is 6. The standard InChI is InChI=1S/C6H9NO2S.C6H7NS2.C5H5NO2.C5H10OS.C4H7IO.C4H10O2S2.C3H6O2S.C2H6S2.4CH4S.4CH4/c1-7-5(8)3-4(10-2)6(7)9;1-8-9-6-4-2-3-5-7-6;1-6-4(7)2-3-5(6)8;1-3-5(6)4-7-2;1-2-4(6)3-5;1-7-3-4-8(2,5)6;1-3-6(2,4)5;1-3-4-2;4*1-2;;;;/h4H,3H2,1-2H3;2-5H,1H3;2-3H,1H3;3-4H2,1-2H3;2-3H2,1H3;3-4H2,1-2H3;3H,1H2,2H3;1-2H3;4*2H,1H3;4*1H4. The van der Waals surface area contributed by atoms with E-state index in [1.807, 2.05) is 57.1 Å². The van der Waals surface area contributed by atoms with Crippen LogP contribution < -0.4 is 0 Å². The number of likely N-dealkylation sites (tertiary alicyclic amines) is 1. The van der Waals surface area contributed by atoms with Gasteiger partial charge in [-0.3, -0.25) is 38.6 Å². The second-order valence-corrected chi connectivity index (χ2v) is 23.5. The van der Waals surface area contributed by atoms with Crippen LogP contribution in [0.3, 0.4) is 0 Å². The van der Waals surface area contributed by atoms with E-state index in [2.05, 4.69) is 97.2 Å². The van der Waals surface area contributed by atoms with Crippen molar-refractivity contribution >= 4 is 206 Å². The molecule has 1 unspecified atom stereocenters. The number of pyridine rings is 1. The smallest absolute Gasteiger partial charge is 0.253 e. The number of Topliss-reactive ketones (excluding diaryl/α,β-unsaturated/α-hetero) is 2. The van der Waals surface area contributed by atoms with E-state index in [9.17, 15) is 45.6 Å². The van der Waals surface area contributed by atoms with E-state index in [1.165, 1.54) is 49.2 Å². The van der Waals surface area contributed by atoms with Gasteiger partial charge in [-0.2, -0.15) is 85.8 Å². The van der Waals surface area contributed by atoms with E-state index in [0.717, 1.165) is 21.6 Å². The van der Waals surface area contributed by atoms with Crippen molar-refractivity contribution in [1.82, 2.24) is 14.8 Å². The molecule has 1 saturated heterocycles. The summed E-state index contributed by atoms with van der Waals surface area (Å²) in [4.78, 5) is 69.6. The van der Waals surface area contributed by atoms with Crippen molar-refractivity contribution in [2.45, 2.75) is 73.1 Å². The first-order valence-corrected chi connectivity index (χ1v) is 37.1. The van der Waals surface area contributed by atoms with Gasteiger partial charge in [0.15, 0.2) is 9.84 Å². The number of hydrogen-bond donors (Lipinski definition) is 4. The highest BCUT2D eigenvalue weighted by molar-refractivity contribution is 14.1. The van der Waals surface area contributed by atoms with Crippen molar-refractivity contribution in [1.29, 1.82) is 0 Å². The fraction of sp³-hybridized carbons (Fsp3) is 0.651. The number of imide groups is 2. The van der Waals surface area contributed by atoms with Gasteiger partial charge in [0.1, 0.15) is 26.4 Å². The van der Waals surface area contributed by atoms with E-state index >= 15 is 0 Å². The van der Waals surface area contributed by atoms with Gasteiger partial charge in [-0.25, -0.2) is 21.8 Å². The first-order valence-electron chi connectivity index (χ1n) is 18.3. The number of nitrogens with zero attached hydrogens (tertiary/aromatic N) is 3. The minimum Gasteiger partial charge on any atom is -0.299 e. The lowest BCUT2D eigenvalue weighted by Crippen LogP contribution is -2.26. The highest BCUT2D eigenvalue weighted by Crippen LogP contribution is 2.25. The number of alkyl halides is 1. The highest BCUT2D eigenvalue weighted by Gasteiger charge is 2.35. The average Bonchev–Trinajstić information content (AvgIpc) is 3.77. The van der Waals surface area contributed by atoms with Crippen LogP contribution in [0.2, 0.25) is 0 Å². The Morgan fingerprint density at radius 3 is 1.30 bits per heavy atom. The molecule has 3 rings (SSSR count). The van der Waals surface area contributed by atoms with Crippen LogP contribution in [0.15, 0.2) is 53.6 Å². The zero-order chi connectivity index (χ0) is 54.3. The summed E-state index contributed by atoms with van der Waals surface area (Å²) in [7, 11) is 4.31. The van der Waals surface area contributed by atoms with Gasteiger partial charge in [0.05, 0.1) is 21.2 Å². The number of likely N-dealkylation sites (N-methyl/N-ethyl adjacent to an activating group) is 1. The number of ketones is 2. The molecule has 1 atom stereocenters. The van der Waals surface area contributed by atoms with Gasteiger partial charge in [0.25, 0.3) is 11.8 Å².